The maximum Gasteiger partial charge on any atom is 0.167 e. The van der Waals surface area contributed by atoms with Gasteiger partial charge in [0.05, 0.1) is 12.4 Å². The zero-order valence-corrected chi connectivity index (χ0v) is 15.3. The highest BCUT2D eigenvalue weighted by Gasteiger charge is 2.45. The van der Waals surface area contributed by atoms with Gasteiger partial charge in [-0.15, -0.1) is 0 Å². The lowest BCUT2D eigenvalue weighted by Gasteiger charge is -2.28. The lowest BCUT2D eigenvalue weighted by Crippen LogP contribution is -2.32. The number of hydrogen-bond donors (Lipinski definition) is 3. The van der Waals surface area contributed by atoms with Gasteiger partial charge in [0.1, 0.15) is 24.1 Å². The van der Waals surface area contributed by atoms with Gasteiger partial charge in [-0.05, 0) is 42.7 Å². The molecule has 1 aromatic carbocycles. The minimum atomic E-state index is -1.07. The molecule has 28 heavy (non-hydrogen) atoms. The second-order valence-corrected chi connectivity index (χ2v) is 7.65. The van der Waals surface area contributed by atoms with Gasteiger partial charge in [-0.1, -0.05) is 24.3 Å². The highest BCUT2D eigenvalue weighted by atomic mass is 16.6. The third-order valence-corrected chi connectivity index (χ3v) is 6.01. The number of anilines is 1. The number of hydrogen-bond acceptors (Lipinski definition) is 7. The number of fused-ring (bicyclic) bond motifs is 2. The SMILES string of the molecule is Nc1ncnc2c1ncn2[C@@H]1O[C@H](CC2CCCc3ccccc32)[C@@H](O)[C@H]1O. The first-order valence-electron chi connectivity index (χ1n) is 9.66. The number of nitrogens with two attached hydrogens (primary N) is 1. The predicted molar refractivity (Wildman–Crippen MR) is 102 cm³/mol. The number of benzene rings is 1. The molecule has 4 N–H and O–H groups in total. The smallest absolute Gasteiger partial charge is 0.167 e. The molecule has 0 radical (unpaired) electrons. The number of nitrogen functional groups attached to an aromatic ring is 1. The summed E-state index contributed by atoms with van der Waals surface area (Å²) in [5, 5.41) is 21.3. The van der Waals surface area contributed by atoms with Crippen molar-refractivity contribution < 1.29 is 14.9 Å². The Hall–Kier alpha value is -2.55. The van der Waals surface area contributed by atoms with E-state index in [2.05, 4.69) is 39.2 Å². The van der Waals surface area contributed by atoms with E-state index < -0.39 is 24.5 Å². The first-order chi connectivity index (χ1) is 13.6. The summed E-state index contributed by atoms with van der Waals surface area (Å²) in [5.41, 5.74) is 9.48. The Morgan fingerprint density at radius 3 is 2.89 bits per heavy atom. The Labute approximate surface area is 162 Å². The summed E-state index contributed by atoms with van der Waals surface area (Å²) >= 11 is 0. The molecule has 1 fully saturated rings. The molecular weight excluding hydrogens is 358 g/mol. The van der Waals surface area contributed by atoms with E-state index in [4.69, 9.17) is 10.5 Å². The summed E-state index contributed by atoms with van der Waals surface area (Å²) < 4.78 is 7.74. The maximum atomic E-state index is 10.7. The largest absolute Gasteiger partial charge is 0.388 e. The fraction of sp³-hybridized carbons (Fsp3) is 0.450. The highest BCUT2D eigenvalue weighted by Crippen LogP contribution is 2.40. The van der Waals surface area contributed by atoms with E-state index in [0.717, 1.165) is 19.3 Å². The number of aliphatic hydroxyl groups is 2. The standard InChI is InChI=1S/C20H23N5O3/c21-18-15-19(23-9-22-18)25(10-24-15)20-17(27)16(26)14(28-20)8-12-6-3-5-11-4-1-2-7-13(11)12/h1-2,4,7,9-10,12,14,16-17,20,26-27H,3,5-6,8H2,(H2,21,22,23)/t12?,14-,16-,17-,20-/m1/s1. The molecule has 5 rings (SSSR count). The van der Waals surface area contributed by atoms with Crippen LogP contribution in [0.15, 0.2) is 36.9 Å². The predicted octanol–water partition coefficient (Wildman–Crippen LogP) is 1.54. The van der Waals surface area contributed by atoms with E-state index in [1.165, 1.54) is 23.8 Å². The molecule has 3 aromatic rings. The lowest BCUT2D eigenvalue weighted by molar-refractivity contribution is -0.0391. The van der Waals surface area contributed by atoms with Crippen LogP contribution in [-0.4, -0.2) is 48.0 Å². The van der Waals surface area contributed by atoms with E-state index in [1.54, 1.807) is 4.57 Å². The van der Waals surface area contributed by atoms with Crippen molar-refractivity contribution in [1.82, 2.24) is 19.5 Å². The molecule has 1 aliphatic carbocycles. The van der Waals surface area contributed by atoms with Crippen molar-refractivity contribution in [1.29, 1.82) is 0 Å². The number of imidazole rings is 1. The third kappa shape index (κ3) is 2.76. The van der Waals surface area contributed by atoms with Crippen molar-refractivity contribution >= 4 is 17.0 Å². The van der Waals surface area contributed by atoms with Gasteiger partial charge in [0.15, 0.2) is 17.7 Å². The third-order valence-electron chi connectivity index (χ3n) is 6.01. The number of rotatable bonds is 3. The number of nitrogens with zero attached hydrogens (tertiary/aromatic N) is 4. The zero-order valence-electron chi connectivity index (χ0n) is 15.3. The summed E-state index contributed by atoms with van der Waals surface area (Å²) in [4.78, 5) is 12.4. The van der Waals surface area contributed by atoms with Crippen LogP contribution in [0.25, 0.3) is 11.2 Å². The van der Waals surface area contributed by atoms with Crippen LogP contribution in [0.3, 0.4) is 0 Å². The van der Waals surface area contributed by atoms with Crippen LogP contribution in [0.2, 0.25) is 0 Å². The zero-order chi connectivity index (χ0) is 19.3. The first-order valence-corrected chi connectivity index (χ1v) is 9.66. The first kappa shape index (κ1) is 17.5. The van der Waals surface area contributed by atoms with Crippen molar-refractivity contribution in [2.24, 2.45) is 0 Å². The quantitative estimate of drug-likeness (QED) is 0.629. The van der Waals surface area contributed by atoms with Gasteiger partial charge in [0.25, 0.3) is 0 Å². The van der Waals surface area contributed by atoms with Gasteiger partial charge < -0.3 is 20.7 Å². The van der Waals surface area contributed by atoms with Gasteiger partial charge in [-0.25, -0.2) is 15.0 Å². The van der Waals surface area contributed by atoms with Crippen LogP contribution in [0, 0.1) is 0 Å². The van der Waals surface area contributed by atoms with E-state index in [9.17, 15) is 10.2 Å². The van der Waals surface area contributed by atoms with Gasteiger partial charge in [0, 0.05) is 0 Å². The number of ether oxygens (including phenoxy) is 1. The second kappa shape index (κ2) is 6.80. The van der Waals surface area contributed by atoms with Gasteiger partial charge >= 0.3 is 0 Å². The second-order valence-electron chi connectivity index (χ2n) is 7.65. The Bertz CT molecular complexity index is 1010. The molecule has 1 unspecified atom stereocenters. The van der Waals surface area contributed by atoms with Crippen LogP contribution in [0.5, 0.6) is 0 Å². The maximum absolute atomic E-state index is 10.7. The summed E-state index contributed by atoms with van der Waals surface area (Å²) in [7, 11) is 0. The van der Waals surface area contributed by atoms with Crippen molar-refractivity contribution in [2.45, 2.75) is 56.1 Å². The van der Waals surface area contributed by atoms with E-state index >= 15 is 0 Å². The Balaban J connectivity index is 1.41. The average Bonchev–Trinajstić information content (AvgIpc) is 3.26. The molecule has 0 saturated carbocycles. The lowest BCUT2D eigenvalue weighted by atomic mass is 9.79. The molecule has 8 heteroatoms. The molecule has 0 spiro atoms. The summed E-state index contributed by atoms with van der Waals surface area (Å²) in [6, 6.07) is 8.46. The fourth-order valence-corrected chi connectivity index (χ4v) is 4.59. The van der Waals surface area contributed by atoms with Crippen LogP contribution in [0.4, 0.5) is 5.82 Å². The molecule has 1 saturated heterocycles. The fourth-order valence-electron chi connectivity index (χ4n) is 4.59. The van der Waals surface area contributed by atoms with Crippen LogP contribution in [0.1, 0.15) is 42.5 Å². The molecule has 8 nitrogen and oxygen atoms in total. The van der Waals surface area contributed by atoms with Crippen LogP contribution in [-0.2, 0) is 11.2 Å². The number of aryl methyl sites for hydroxylation is 1. The van der Waals surface area contributed by atoms with Crippen molar-refractivity contribution in [3.63, 3.8) is 0 Å². The molecule has 3 heterocycles. The van der Waals surface area contributed by atoms with Crippen LogP contribution < -0.4 is 5.73 Å². The highest BCUT2D eigenvalue weighted by molar-refractivity contribution is 5.81. The number of aliphatic hydroxyl groups excluding tert-OH is 2. The van der Waals surface area contributed by atoms with Crippen molar-refractivity contribution in [2.75, 3.05) is 5.73 Å². The molecule has 2 aromatic heterocycles. The average molecular weight is 381 g/mol. The normalized spacial score (nSPS) is 29.9. The number of aromatic nitrogens is 4. The van der Waals surface area contributed by atoms with Crippen LogP contribution >= 0.6 is 0 Å². The molecule has 146 valence electrons. The van der Waals surface area contributed by atoms with E-state index in [-0.39, 0.29) is 5.82 Å². The van der Waals surface area contributed by atoms with E-state index in [1.807, 2.05) is 0 Å². The van der Waals surface area contributed by atoms with Gasteiger partial charge in [0.2, 0.25) is 0 Å². The molecule has 0 bridgehead atoms. The molecule has 1 aliphatic heterocycles. The Morgan fingerprint density at radius 2 is 2.00 bits per heavy atom. The monoisotopic (exact) mass is 381 g/mol. The topological polar surface area (TPSA) is 119 Å². The van der Waals surface area contributed by atoms with Gasteiger partial charge in [-0.2, -0.15) is 0 Å². The van der Waals surface area contributed by atoms with E-state index in [0.29, 0.717) is 23.5 Å². The molecule has 2 aliphatic rings. The minimum Gasteiger partial charge on any atom is -0.388 e. The Kier molecular flexibility index (Phi) is 4.26. The minimum absolute atomic E-state index is 0.271. The molecule has 5 atom stereocenters. The summed E-state index contributed by atoms with van der Waals surface area (Å²) in [6.45, 7) is 0. The summed E-state index contributed by atoms with van der Waals surface area (Å²) in [5.74, 6) is 0.584. The van der Waals surface area contributed by atoms with Crippen molar-refractivity contribution in [3.8, 4) is 0 Å². The summed E-state index contributed by atoms with van der Waals surface area (Å²) in [6.07, 6.45) is 3.53. The van der Waals surface area contributed by atoms with Gasteiger partial charge in [-0.3, -0.25) is 4.57 Å². The molecular formula is C20H23N5O3. The van der Waals surface area contributed by atoms with Crippen molar-refractivity contribution in [3.05, 3.63) is 48.0 Å². The Morgan fingerprint density at radius 1 is 1.14 bits per heavy atom. The molecule has 0 amide bonds.